The summed E-state index contributed by atoms with van der Waals surface area (Å²) in [6.07, 6.45) is 2.99. The second kappa shape index (κ2) is 12.6. The van der Waals surface area contributed by atoms with Crippen molar-refractivity contribution >= 4 is 28.9 Å². The van der Waals surface area contributed by atoms with Crippen molar-refractivity contribution in [1.29, 1.82) is 0 Å². The summed E-state index contributed by atoms with van der Waals surface area (Å²) in [7, 11) is 0. The standard InChI is InChI=1S/C27H30N2O3S/c1-3-20(2)32-25-15-11-22(12-16-25)26(30)29-27(33)28-23-13-17-24(18-14-23)31-19-7-10-21-8-5-4-6-9-21/h4-6,8-9,11-18,20H,3,7,10,19H2,1-2H3,(H2,28,29,30,33). The van der Waals surface area contributed by atoms with E-state index in [0.29, 0.717) is 12.2 Å². The van der Waals surface area contributed by atoms with Crippen LogP contribution in [-0.4, -0.2) is 23.7 Å². The second-order valence-corrected chi connectivity index (χ2v) is 8.14. The zero-order valence-corrected chi connectivity index (χ0v) is 19.9. The molecule has 6 heteroatoms. The lowest BCUT2D eigenvalue weighted by Gasteiger charge is -2.13. The normalized spacial score (nSPS) is 11.3. The summed E-state index contributed by atoms with van der Waals surface area (Å²) >= 11 is 5.28. The first kappa shape index (κ1) is 24.3. The first-order valence-corrected chi connectivity index (χ1v) is 11.6. The van der Waals surface area contributed by atoms with Gasteiger partial charge in [-0.05, 0) is 92.5 Å². The third kappa shape index (κ3) is 8.24. The van der Waals surface area contributed by atoms with Crippen molar-refractivity contribution in [2.24, 2.45) is 0 Å². The van der Waals surface area contributed by atoms with E-state index < -0.39 is 0 Å². The third-order valence-corrected chi connectivity index (χ3v) is 5.29. The molecule has 0 radical (unpaired) electrons. The number of hydrogen-bond acceptors (Lipinski definition) is 4. The lowest BCUT2D eigenvalue weighted by molar-refractivity contribution is 0.0977. The predicted molar refractivity (Wildman–Crippen MR) is 137 cm³/mol. The summed E-state index contributed by atoms with van der Waals surface area (Å²) in [4.78, 5) is 12.4. The van der Waals surface area contributed by atoms with Gasteiger partial charge in [0, 0.05) is 11.3 Å². The maximum absolute atomic E-state index is 12.4. The van der Waals surface area contributed by atoms with E-state index in [9.17, 15) is 4.79 Å². The van der Waals surface area contributed by atoms with E-state index in [0.717, 1.165) is 36.4 Å². The quantitative estimate of drug-likeness (QED) is 0.286. The first-order chi connectivity index (χ1) is 16.0. The van der Waals surface area contributed by atoms with E-state index >= 15 is 0 Å². The van der Waals surface area contributed by atoms with Crippen LogP contribution in [0.4, 0.5) is 5.69 Å². The summed E-state index contributed by atoms with van der Waals surface area (Å²) in [5.41, 5.74) is 2.59. The minimum atomic E-state index is -0.277. The molecule has 0 aliphatic rings. The van der Waals surface area contributed by atoms with Crippen molar-refractivity contribution in [1.82, 2.24) is 5.32 Å². The molecule has 1 unspecified atom stereocenters. The molecule has 0 spiro atoms. The highest BCUT2D eigenvalue weighted by atomic mass is 32.1. The fourth-order valence-corrected chi connectivity index (χ4v) is 3.29. The van der Waals surface area contributed by atoms with Crippen molar-refractivity contribution in [3.05, 3.63) is 90.0 Å². The molecule has 5 nitrogen and oxygen atoms in total. The van der Waals surface area contributed by atoms with Crippen molar-refractivity contribution in [3.8, 4) is 11.5 Å². The van der Waals surface area contributed by atoms with Gasteiger partial charge in [-0.25, -0.2) is 0 Å². The number of benzene rings is 3. The highest BCUT2D eigenvalue weighted by Gasteiger charge is 2.09. The van der Waals surface area contributed by atoms with Gasteiger partial charge in [-0.3, -0.25) is 10.1 Å². The van der Waals surface area contributed by atoms with Gasteiger partial charge in [-0.1, -0.05) is 37.3 Å². The molecular formula is C27H30N2O3S. The molecule has 0 aliphatic heterocycles. The summed E-state index contributed by atoms with van der Waals surface area (Å²) in [5.74, 6) is 1.26. The average molecular weight is 463 g/mol. The summed E-state index contributed by atoms with van der Waals surface area (Å²) in [6.45, 7) is 4.72. The number of thiocarbonyl (C=S) groups is 1. The van der Waals surface area contributed by atoms with E-state index in [1.54, 1.807) is 24.3 Å². The monoisotopic (exact) mass is 462 g/mol. The van der Waals surface area contributed by atoms with Crippen LogP contribution < -0.4 is 20.1 Å². The van der Waals surface area contributed by atoms with Crippen LogP contribution in [-0.2, 0) is 6.42 Å². The SMILES string of the molecule is CCC(C)Oc1ccc(C(=O)NC(=S)Nc2ccc(OCCCc3ccccc3)cc2)cc1. The van der Waals surface area contributed by atoms with Crippen LogP contribution in [0.3, 0.4) is 0 Å². The van der Waals surface area contributed by atoms with Gasteiger partial charge in [-0.2, -0.15) is 0 Å². The molecule has 172 valence electrons. The summed E-state index contributed by atoms with van der Waals surface area (Å²) in [6, 6.07) is 24.9. The van der Waals surface area contributed by atoms with Gasteiger partial charge in [-0.15, -0.1) is 0 Å². The van der Waals surface area contributed by atoms with Gasteiger partial charge in [0.1, 0.15) is 11.5 Å². The number of aryl methyl sites for hydroxylation is 1. The second-order valence-electron chi connectivity index (χ2n) is 7.73. The molecular weight excluding hydrogens is 432 g/mol. The van der Waals surface area contributed by atoms with Crippen LogP contribution in [0.15, 0.2) is 78.9 Å². The van der Waals surface area contributed by atoms with Crippen LogP contribution in [0.5, 0.6) is 11.5 Å². The Bertz CT molecular complexity index is 1020. The molecule has 3 aromatic rings. The molecule has 1 amide bonds. The zero-order valence-electron chi connectivity index (χ0n) is 19.0. The lowest BCUT2D eigenvalue weighted by Crippen LogP contribution is -2.34. The molecule has 0 aliphatic carbocycles. The Morgan fingerprint density at radius 1 is 0.939 bits per heavy atom. The Morgan fingerprint density at radius 3 is 2.27 bits per heavy atom. The van der Waals surface area contributed by atoms with Crippen LogP contribution in [0.25, 0.3) is 0 Å². The maximum Gasteiger partial charge on any atom is 0.257 e. The Kier molecular flexibility index (Phi) is 9.27. The highest BCUT2D eigenvalue weighted by molar-refractivity contribution is 7.80. The van der Waals surface area contributed by atoms with Crippen LogP contribution >= 0.6 is 12.2 Å². The summed E-state index contributed by atoms with van der Waals surface area (Å²) in [5, 5.41) is 5.95. The van der Waals surface area contributed by atoms with E-state index in [-0.39, 0.29) is 17.1 Å². The topological polar surface area (TPSA) is 59.6 Å². The number of ether oxygens (including phenoxy) is 2. The Hall–Kier alpha value is -3.38. The molecule has 0 aromatic heterocycles. The van der Waals surface area contributed by atoms with Gasteiger partial charge in [0.2, 0.25) is 0 Å². The van der Waals surface area contributed by atoms with Crippen LogP contribution in [0, 0.1) is 0 Å². The van der Waals surface area contributed by atoms with Gasteiger partial charge in [0.25, 0.3) is 5.91 Å². The number of anilines is 1. The van der Waals surface area contributed by atoms with Gasteiger partial charge >= 0.3 is 0 Å². The van der Waals surface area contributed by atoms with Crippen molar-refractivity contribution in [2.75, 3.05) is 11.9 Å². The van der Waals surface area contributed by atoms with Gasteiger partial charge < -0.3 is 14.8 Å². The number of rotatable bonds is 10. The molecule has 0 saturated carbocycles. The van der Waals surface area contributed by atoms with Crippen molar-refractivity contribution in [2.45, 2.75) is 39.2 Å². The minimum absolute atomic E-state index is 0.132. The Balaban J connectivity index is 1.41. The van der Waals surface area contributed by atoms with Crippen LogP contribution in [0.1, 0.15) is 42.6 Å². The van der Waals surface area contributed by atoms with E-state index in [1.165, 1.54) is 5.56 Å². The number of carbonyl (C=O) groups excluding carboxylic acids is 1. The minimum Gasteiger partial charge on any atom is -0.494 e. The fraction of sp³-hybridized carbons (Fsp3) is 0.259. The molecule has 33 heavy (non-hydrogen) atoms. The molecule has 0 heterocycles. The smallest absolute Gasteiger partial charge is 0.257 e. The van der Waals surface area contributed by atoms with E-state index in [1.807, 2.05) is 49.4 Å². The number of amides is 1. The molecule has 3 aromatic carbocycles. The fourth-order valence-electron chi connectivity index (χ4n) is 3.08. The number of carbonyl (C=O) groups is 1. The Morgan fingerprint density at radius 2 is 1.61 bits per heavy atom. The molecule has 3 rings (SSSR count). The Labute approximate surface area is 201 Å². The van der Waals surface area contributed by atoms with Crippen molar-refractivity contribution < 1.29 is 14.3 Å². The predicted octanol–water partition coefficient (Wildman–Crippen LogP) is 6.00. The average Bonchev–Trinajstić information content (AvgIpc) is 2.83. The molecule has 0 fully saturated rings. The zero-order chi connectivity index (χ0) is 23.5. The molecule has 1 atom stereocenters. The van der Waals surface area contributed by atoms with Crippen molar-refractivity contribution in [3.63, 3.8) is 0 Å². The van der Waals surface area contributed by atoms with Gasteiger partial charge in [0.15, 0.2) is 5.11 Å². The molecule has 2 N–H and O–H groups in total. The maximum atomic E-state index is 12.4. The lowest BCUT2D eigenvalue weighted by atomic mass is 10.1. The number of hydrogen-bond donors (Lipinski definition) is 2. The highest BCUT2D eigenvalue weighted by Crippen LogP contribution is 2.17. The molecule has 0 bridgehead atoms. The van der Waals surface area contributed by atoms with E-state index in [2.05, 4.69) is 29.7 Å². The van der Waals surface area contributed by atoms with Gasteiger partial charge in [0.05, 0.1) is 12.7 Å². The molecule has 0 saturated heterocycles. The number of nitrogens with one attached hydrogen (secondary N) is 2. The van der Waals surface area contributed by atoms with E-state index in [4.69, 9.17) is 21.7 Å². The summed E-state index contributed by atoms with van der Waals surface area (Å²) < 4.78 is 11.5. The first-order valence-electron chi connectivity index (χ1n) is 11.2. The van der Waals surface area contributed by atoms with Crippen LogP contribution in [0.2, 0.25) is 0 Å². The largest absolute Gasteiger partial charge is 0.494 e. The third-order valence-electron chi connectivity index (χ3n) is 5.09.